The molecule has 0 radical (unpaired) electrons. The molecule has 0 spiro atoms. The van der Waals surface area contributed by atoms with Gasteiger partial charge in [0, 0.05) is 27.3 Å². The summed E-state index contributed by atoms with van der Waals surface area (Å²) in [7, 11) is 0. The van der Waals surface area contributed by atoms with Crippen LogP contribution in [0.25, 0.3) is 22.0 Å². The minimum atomic E-state index is -0.171. The molecule has 3 rings (SSSR count). The monoisotopic (exact) mass is 435 g/mol. The second-order valence-electron chi connectivity index (χ2n) is 8.58. The molecule has 0 fully saturated rings. The smallest absolute Gasteiger partial charge is 0.256 e. The van der Waals surface area contributed by atoms with E-state index < -0.39 is 0 Å². The Morgan fingerprint density at radius 3 is 2.16 bits per heavy atom. The zero-order valence-electron chi connectivity index (χ0n) is 19.4. The van der Waals surface area contributed by atoms with E-state index in [1.165, 1.54) is 5.56 Å². The normalized spacial score (nSPS) is 12.2. The summed E-state index contributed by atoms with van der Waals surface area (Å²) in [6.07, 6.45) is 0. The number of benzene rings is 2. The average Bonchev–Trinajstić information content (AvgIpc) is 2.73. The van der Waals surface area contributed by atoms with Crippen molar-refractivity contribution >= 4 is 23.4 Å². The first-order chi connectivity index (χ1) is 14.6. The summed E-state index contributed by atoms with van der Waals surface area (Å²) in [5, 5.41) is 10.5. The van der Waals surface area contributed by atoms with Crippen molar-refractivity contribution in [3.05, 3.63) is 70.0 Å². The number of fused-ring (bicyclic) bond motifs is 1. The number of H-pyrrole nitrogens is 1. The number of thiol groups is 1. The van der Waals surface area contributed by atoms with Gasteiger partial charge >= 0.3 is 0 Å². The maximum Gasteiger partial charge on any atom is 0.256 e. The van der Waals surface area contributed by atoms with Crippen molar-refractivity contribution in [2.24, 2.45) is 0 Å². The number of pyridine rings is 1. The van der Waals surface area contributed by atoms with Crippen molar-refractivity contribution in [1.29, 1.82) is 5.26 Å². The molecule has 0 bridgehead atoms. The molecular formula is C26H33N3OS. The summed E-state index contributed by atoms with van der Waals surface area (Å²) >= 11 is 4.12. The van der Waals surface area contributed by atoms with Crippen molar-refractivity contribution in [2.75, 3.05) is 13.1 Å². The summed E-state index contributed by atoms with van der Waals surface area (Å²) in [5.41, 5.74) is 3.26. The Balaban J connectivity index is 0.000000614. The first-order valence-electron chi connectivity index (χ1n) is 10.7. The van der Waals surface area contributed by atoms with Crippen LogP contribution in [0, 0.1) is 11.3 Å². The maximum absolute atomic E-state index is 12.4. The Kier molecular flexibility index (Phi) is 8.50. The number of nitrogens with one attached hydrogen (secondary N) is 1. The summed E-state index contributed by atoms with van der Waals surface area (Å²) in [5.74, 6) is 0. The lowest BCUT2D eigenvalue weighted by molar-refractivity contribution is 0.234. The number of aromatic nitrogens is 1. The number of nitriles is 1. The zero-order chi connectivity index (χ0) is 23.2. The Morgan fingerprint density at radius 2 is 1.65 bits per heavy atom. The van der Waals surface area contributed by atoms with Crippen LogP contribution in [-0.2, 0) is 0 Å². The van der Waals surface area contributed by atoms with Crippen LogP contribution < -0.4 is 5.56 Å². The highest BCUT2D eigenvalue weighted by atomic mass is 32.1. The highest BCUT2D eigenvalue weighted by molar-refractivity contribution is 7.81. The first-order valence-corrected chi connectivity index (χ1v) is 11.2. The van der Waals surface area contributed by atoms with E-state index in [2.05, 4.69) is 82.3 Å². The molecule has 31 heavy (non-hydrogen) atoms. The lowest BCUT2D eigenvalue weighted by Gasteiger charge is -2.26. The Morgan fingerprint density at radius 1 is 1.06 bits per heavy atom. The van der Waals surface area contributed by atoms with Crippen LogP contribution in [0.5, 0.6) is 0 Å². The standard InChI is InChI=1S/C22H23N3O.C4H10S/c1-4-25(5-2)15(3)16-9-11-17(12-10-16)21-13-20-18(14-23)7-6-8-19(20)22(26)24-21;1-4(2,3)5/h6-13,15H,4-5H2,1-3H3,(H,24,26);5H,1-3H3. The first kappa shape index (κ1) is 24.7. The topological polar surface area (TPSA) is 59.9 Å². The molecule has 1 heterocycles. The molecule has 4 nitrogen and oxygen atoms in total. The third-order valence-electron chi connectivity index (χ3n) is 5.07. The fraction of sp³-hybridized carbons (Fsp3) is 0.385. The summed E-state index contributed by atoms with van der Waals surface area (Å²) in [4.78, 5) is 17.7. The second kappa shape index (κ2) is 10.7. The van der Waals surface area contributed by atoms with Crippen molar-refractivity contribution < 1.29 is 0 Å². The number of hydrogen-bond donors (Lipinski definition) is 2. The molecule has 1 atom stereocenters. The SMILES string of the molecule is CC(C)(C)S.CCN(CC)C(C)c1ccc(-c2cc3c(C#N)cccc3c(=O)[nH]2)cc1. The van der Waals surface area contributed by atoms with Gasteiger partial charge in [0.25, 0.3) is 5.56 Å². The van der Waals surface area contributed by atoms with Crippen LogP contribution >= 0.6 is 12.6 Å². The minimum Gasteiger partial charge on any atom is -0.321 e. The molecule has 0 amide bonds. The summed E-state index contributed by atoms with van der Waals surface area (Å²) in [6.45, 7) is 14.7. The molecule has 1 N–H and O–H groups in total. The fourth-order valence-electron chi connectivity index (χ4n) is 3.47. The molecule has 3 aromatic rings. The zero-order valence-corrected chi connectivity index (χ0v) is 20.3. The number of rotatable bonds is 5. The highest BCUT2D eigenvalue weighted by Gasteiger charge is 2.13. The Hall–Kier alpha value is -2.55. The molecule has 0 aliphatic carbocycles. The number of aromatic amines is 1. The lowest BCUT2D eigenvalue weighted by Crippen LogP contribution is -2.26. The van der Waals surface area contributed by atoms with Crippen LogP contribution in [0.15, 0.2) is 53.3 Å². The maximum atomic E-state index is 12.4. The predicted molar refractivity (Wildman–Crippen MR) is 135 cm³/mol. The van der Waals surface area contributed by atoms with Gasteiger partial charge in [-0.25, -0.2) is 0 Å². The molecule has 1 aromatic heterocycles. The van der Waals surface area contributed by atoms with Gasteiger partial charge in [0.05, 0.1) is 11.6 Å². The van der Waals surface area contributed by atoms with Crippen molar-refractivity contribution in [3.8, 4) is 17.3 Å². The van der Waals surface area contributed by atoms with Gasteiger partial charge in [0.1, 0.15) is 0 Å². The van der Waals surface area contributed by atoms with E-state index >= 15 is 0 Å². The third kappa shape index (κ3) is 6.72. The van der Waals surface area contributed by atoms with E-state index in [9.17, 15) is 10.1 Å². The molecular weight excluding hydrogens is 402 g/mol. The number of nitrogens with zero attached hydrogens (tertiary/aromatic N) is 2. The number of hydrogen-bond acceptors (Lipinski definition) is 4. The molecule has 0 aliphatic rings. The molecule has 164 valence electrons. The fourth-order valence-corrected chi connectivity index (χ4v) is 3.47. The predicted octanol–water partition coefficient (Wildman–Crippen LogP) is 6.18. The highest BCUT2D eigenvalue weighted by Crippen LogP contribution is 2.25. The van der Waals surface area contributed by atoms with Gasteiger partial charge in [-0.2, -0.15) is 17.9 Å². The average molecular weight is 436 g/mol. The van der Waals surface area contributed by atoms with Crippen LogP contribution in [0.1, 0.15) is 58.7 Å². The lowest BCUT2D eigenvalue weighted by atomic mass is 10.0. The van der Waals surface area contributed by atoms with Gasteiger partial charge in [-0.15, -0.1) is 0 Å². The van der Waals surface area contributed by atoms with Crippen molar-refractivity contribution in [2.45, 2.75) is 52.3 Å². The Bertz CT molecular complexity index is 1090. The van der Waals surface area contributed by atoms with E-state index in [0.717, 1.165) is 24.3 Å². The quantitative estimate of drug-likeness (QED) is 0.470. The molecule has 2 aromatic carbocycles. The largest absolute Gasteiger partial charge is 0.321 e. The van der Waals surface area contributed by atoms with Gasteiger partial charge in [-0.3, -0.25) is 9.69 Å². The van der Waals surface area contributed by atoms with Crippen LogP contribution in [-0.4, -0.2) is 27.7 Å². The van der Waals surface area contributed by atoms with Gasteiger partial charge in [0.15, 0.2) is 0 Å². The molecule has 1 unspecified atom stereocenters. The molecule has 0 aliphatic heterocycles. The van der Waals surface area contributed by atoms with E-state index in [0.29, 0.717) is 22.4 Å². The van der Waals surface area contributed by atoms with Gasteiger partial charge in [-0.05, 0) is 49.3 Å². The third-order valence-corrected chi connectivity index (χ3v) is 5.07. The Labute approximate surface area is 191 Å². The van der Waals surface area contributed by atoms with Gasteiger partial charge in [0.2, 0.25) is 0 Å². The summed E-state index contributed by atoms with van der Waals surface area (Å²) in [6, 6.07) is 17.9. The van der Waals surface area contributed by atoms with E-state index in [1.54, 1.807) is 18.2 Å². The van der Waals surface area contributed by atoms with Gasteiger partial charge < -0.3 is 4.98 Å². The second-order valence-corrected chi connectivity index (χ2v) is 9.92. The summed E-state index contributed by atoms with van der Waals surface area (Å²) < 4.78 is 0.194. The molecule has 0 saturated heterocycles. The van der Waals surface area contributed by atoms with Gasteiger partial charge in [-0.1, -0.05) is 65.0 Å². The van der Waals surface area contributed by atoms with E-state index in [1.807, 2.05) is 18.2 Å². The van der Waals surface area contributed by atoms with E-state index in [-0.39, 0.29) is 10.3 Å². The van der Waals surface area contributed by atoms with Crippen molar-refractivity contribution in [3.63, 3.8) is 0 Å². The van der Waals surface area contributed by atoms with Crippen LogP contribution in [0.2, 0.25) is 0 Å². The molecule has 0 saturated carbocycles. The van der Waals surface area contributed by atoms with Crippen LogP contribution in [0.3, 0.4) is 0 Å². The van der Waals surface area contributed by atoms with Crippen LogP contribution in [0.4, 0.5) is 0 Å². The van der Waals surface area contributed by atoms with E-state index in [4.69, 9.17) is 0 Å². The minimum absolute atomic E-state index is 0.171. The molecule has 5 heteroatoms. The van der Waals surface area contributed by atoms with Crippen molar-refractivity contribution in [1.82, 2.24) is 9.88 Å².